The van der Waals surface area contributed by atoms with E-state index in [1.54, 1.807) is 0 Å². The Balaban J connectivity index is 1.79. The molecule has 0 amide bonds. The summed E-state index contributed by atoms with van der Waals surface area (Å²) in [4.78, 5) is 0. The van der Waals surface area contributed by atoms with Crippen LogP contribution in [0, 0.1) is 0 Å². The quantitative estimate of drug-likeness (QED) is 0.786. The maximum atomic E-state index is 9.80. The van der Waals surface area contributed by atoms with Gasteiger partial charge in [0.15, 0.2) is 0 Å². The molecule has 0 saturated carbocycles. The van der Waals surface area contributed by atoms with Gasteiger partial charge in [-0.3, -0.25) is 0 Å². The largest absolute Gasteiger partial charge is 0.491 e. The molecule has 2 N–H and O–H groups in total. The number of ether oxygens (including phenoxy) is 2. The normalized spacial score (nSPS) is 12.2. The Morgan fingerprint density at radius 2 is 1.50 bits per heavy atom. The van der Waals surface area contributed by atoms with Gasteiger partial charge in [0.1, 0.15) is 30.0 Å². The van der Waals surface area contributed by atoms with E-state index in [0.29, 0.717) is 18.3 Å². The van der Waals surface area contributed by atoms with Crippen LogP contribution in [0.3, 0.4) is 0 Å². The Morgan fingerprint density at radius 3 is 2.14 bits per heavy atom. The van der Waals surface area contributed by atoms with Crippen LogP contribution in [0.2, 0.25) is 0 Å². The van der Waals surface area contributed by atoms with Crippen molar-refractivity contribution in [2.75, 3.05) is 13.2 Å². The highest BCUT2D eigenvalue weighted by atomic mass is 16.5. The molecule has 2 aromatic rings. The van der Waals surface area contributed by atoms with Crippen molar-refractivity contribution in [1.29, 1.82) is 0 Å². The number of hydrogen-bond donors (Lipinski definition) is 2. The molecule has 0 spiro atoms. The molecule has 118 valence electrons. The Hall–Kier alpha value is -2.04. The number of hydrogen-bond acceptors (Lipinski definition) is 4. The third kappa shape index (κ3) is 5.76. The second-order valence-electron chi connectivity index (χ2n) is 5.41. The van der Waals surface area contributed by atoms with E-state index in [2.05, 4.69) is 5.32 Å². The topological polar surface area (TPSA) is 50.7 Å². The van der Waals surface area contributed by atoms with Crippen LogP contribution in [0.5, 0.6) is 17.2 Å². The van der Waals surface area contributed by atoms with Gasteiger partial charge in [-0.15, -0.1) is 0 Å². The zero-order chi connectivity index (χ0) is 15.8. The van der Waals surface area contributed by atoms with Crippen molar-refractivity contribution in [1.82, 2.24) is 5.32 Å². The van der Waals surface area contributed by atoms with E-state index in [9.17, 15) is 5.11 Å². The van der Waals surface area contributed by atoms with E-state index in [1.165, 1.54) is 0 Å². The van der Waals surface area contributed by atoms with Crippen molar-refractivity contribution >= 4 is 0 Å². The Morgan fingerprint density at radius 1 is 0.909 bits per heavy atom. The van der Waals surface area contributed by atoms with Gasteiger partial charge in [-0.2, -0.15) is 0 Å². The first-order valence-electron chi connectivity index (χ1n) is 7.50. The van der Waals surface area contributed by atoms with E-state index in [-0.39, 0.29) is 6.61 Å². The van der Waals surface area contributed by atoms with Crippen molar-refractivity contribution in [3.05, 3.63) is 54.6 Å². The van der Waals surface area contributed by atoms with Crippen LogP contribution in [0.4, 0.5) is 0 Å². The first-order valence-corrected chi connectivity index (χ1v) is 7.50. The molecule has 1 unspecified atom stereocenters. The Labute approximate surface area is 131 Å². The second kappa shape index (κ2) is 8.41. The lowest BCUT2D eigenvalue weighted by Gasteiger charge is -2.15. The molecule has 0 heterocycles. The molecule has 0 aromatic heterocycles. The zero-order valence-corrected chi connectivity index (χ0v) is 13.0. The fourth-order valence-corrected chi connectivity index (χ4v) is 1.85. The molecular formula is C18H23NO3. The highest BCUT2D eigenvalue weighted by molar-refractivity contribution is 5.35. The molecule has 0 aliphatic rings. The van der Waals surface area contributed by atoms with Crippen molar-refractivity contribution in [2.45, 2.75) is 26.0 Å². The number of rotatable bonds is 8. The van der Waals surface area contributed by atoms with Crippen LogP contribution in [0.1, 0.15) is 13.8 Å². The molecule has 0 fully saturated rings. The number of para-hydroxylation sites is 1. The lowest BCUT2D eigenvalue weighted by Crippen LogP contribution is -2.35. The van der Waals surface area contributed by atoms with Crippen molar-refractivity contribution in [2.24, 2.45) is 0 Å². The molecule has 0 radical (unpaired) electrons. The first-order chi connectivity index (χ1) is 10.6. The molecule has 2 rings (SSSR count). The summed E-state index contributed by atoms with van der Waals surface area (Å²) in [5, 5.41) is 13.0. The number of benzene rings is 2. The molecule has 0 saturated heterocycles. The molecular weight excluding hydrogens is 278 g/mol. The molecule has 0 aliphatic heterocycles. The minimum Gasteiger partial charge on any atom is -0.491 e. The zero-order valence-electron chi connectivity index (χ0n) is 13.0. The monoisotopic (exact) mass is 301 g/mol. The summed E-state index contributed by atoms with van der Waals surface area (Å²) in [6, 6.07) is 17.3. The van der Waals surface area contributed by atoms with Gasteiger partial charge in [0.2, 0.25) is 0 Å². The van der Waals surface area contributed by atoms with Gasteiger partial charge in [0.05, 0.1) is 0 Å². The summed E-state index contributed by atoms with van der Waals surface area (Å²) in [7, 11) is 0. The van der Waals surface area contributed by atoms with Gasteiger partial charge in [0, 0.05) is 12.6 Å². The smallest absolute Gasteiger partial charge is 0.127 e. The van der Waals surface area contributed by atoms with Crippen molar-refractivity contribution < 1.29 is 14.6 Å². The van der Waals surface area contributed by atoms with E-state index in [0.717, 1.165) is 11.5 Å². The lowest BCUT2D eigenvalue weighted by atomic mass is 10.3. The first kappa shape index (κ1) is 16.3. The van der Waals surface area contributed by atoms with Crippen LogP contribution >= 0.6 is 0 Å². The lowest BCUT2D eigenvalue weighted by molar-refractivity contribution is 0.104. The van der Waals surface area contributed by atoms with Gasteiger partial charge < -0.3 is 19.9 Å². The molecule has 4 nitrogen and oxygen atoms in total. The second-order valence-corrected chi connectivity index (χ2v) is 5.41. The van der Waals surface area contributed by atoms with Gasteiger partial charge in [0.25, 0.3) is 0 Å². The molecule has 2 aromatic carbocycles. The number of aliphatic hydroxyl groups is 1. The van der Waals surface area contributed by atoms with Crippen LogP contribution in [0.15, 0.2) is 54.6 Å². The molecule has 0 aliphatic carbocycles. The fraction of sp³-hybridized carbons (Fsp3) is 0.333. The Kier molecular flexibility index (Phi) is 6.25. The van der Waals surface area contributed by atoms with Crippen molar-refractivity contribution in [3.8, 4) is 17.2 Å². The SMILES string of the molecule is CC(C)NCC(O)COc1ccc(Oc2ccccc2)cc1. The van der Waals surface area contributed by atoms with Crippen LogP contribution in [-0.2, 0) is 0 Å². The number of nitrogens with one attached hydrogen (secondary N) is 1. The Bertz CT molecular complexity index is 540. The summed E-state index contributed by atoms with van der Waals surface area (Å²) in [6.45, 7) is 4.86. The number of aliphatic hydroxyl groups excluding tert-OH is 1. The summed E-state index contributed by atoms with van der Waals surface area (Å²) in [6.07, 6.45) is -0.525. The highest BCUT2D eigenvalue weighted by Crippen LogP contribution is 2.23. The summed E-state index contributed by atoms with van der Waals surface area (Å²) in [5.41, 5.74) is 0. The van der Waals surface area contributed by atoms with Gasteiger partial charge >= 0.3 is 0 Å². The predicted octanol–water partition coefficient (Wildman–Crippen LogP) is 3.22. The van der Waals surface area contributed by atoms with Gasteiger partial charge in [-0.25, -0.2) is 0 Å². The van der Waals surface area contributed by atoms with Crippen LogP contribution in [0.25, 0.3) is 0 Å². The molecule has 22 heavy (non-hydrogen) atoms. The highest BCUT2D eigenvalue weighted by Gasteiger charge is 2.06. The maximum absolute atomic E-state index is 9.80. The molecule has 1 atom stereocenters. The van der Waals surface area contributed by atoms with Gasteiger partial charge in [-0.1, -0.05) is 32.0 Å². The average molecular weight is 301 g/mol. The van der Waals surface area contributed by atoms with E-state index < -0.39 is 6.10 Å². The van der Waals surface area contributed by atoms with E-state index >= 15 is 0 Å². The summed E-state index contributed by atoms with van der Waals surface area (Å²) >= 11 is 0. The minimum atomic E-state index is -0.525. The van der Waals surface area contributed by atoms with E-state index in [1.807, 2.05) is 68.4 Å². The predicted molar refractivity (Wildman–Crippen MR) is 87.6 cm³/mol. The third-order valence-electron chi connectivity index (χ3n) is 3.01. The van der Waals surface area contributed by atoms with Crippen LogP contribution in [-0.4, -0.2) is 30.4 Å². The summed E-state index contributed by atoms with van der Waals surface area (Å²) in [5.74, 6) is 2.26. The fourth-order valence-electron chi connectivity index (χ4n) is 1.85. The molecule has 4 heteroatoms. The average Bonchev–Trinajstić information content (AvgIpc) is 2.53. The van der Waals surface area contributed by atoms with Crippen LogP contribution < -0.4 is 14.8 Å². The standard InChI is InChI=1S/C18H23NO3/c1-14(2)19-12-15(20)13-21-16-8-10-18(11-9-16)22-17-6-4-3-5-7-17/h3-11,14-15,19-20H,12-13H2,1-2H3. The maximum Gasteiger partial charge on any atom is 0.127 e. The van der Waals surface area contributed by atoms with Gasteiger partial charge in [-0.05, 0) is 36.4 Å². The third-order valence-corrected chi connectivity index (χ3v) is 3.01. The minimum absolute atomic E-state index is 0.263. The van der Waals surface area contributed by atoms with Crippen molar-refractivity contribution in [3.63, 3.8) is 0 Å². The summed E-state index contributed by atoms with van der Waals surface area (Å²) < 4.78 is 11.3. The molecule has 0 bridgehead atoms. The van der Waals surface area contributed by atoms with E-state index in [4.69, 9.17) is 9.47 Å².